The number of carbonyl (C=O) groups is 1. The van der Waals surface area contributed by atoms with Crippen molar-refractivity contribution in [2.75, 3.05) is 5.32 Å². The average Bonchev–Trinajstić information content (AvgIpc) is 2.85. The summed E-state index contributed by atoms with van der Waals surface area (Å²) in [7, 11) is 0. The fourth-order valence-electron chi connectivity index (χ4n) is 3.98. The molecule has 6 heteroatoms. The van der Waals surface area contributed by atoms with Crippen molar-refractivity contribution in [2.24, 2.45) is 0 Å². The molecule has 5 rings (SSSR count). The molecule has 0 saturated heterocycles. The molecule has 2 aromatic heterocycles. The van der Waals surface area contributed by atoms with Gasteiger partial charge in [-0.15, -0.1) is 0 Å². The van der Waals surface area contributed by atoms with Crippen LogP contribution in [0.4, 0.5) is 5.69 Å². The molecule has 0 aliphatic heterocycles. The Morgan fingerprint density at radius 1 is 0.882 bits per heavy atom. The normalized spacial score (nSPS) is 10.9. The van der Waals surface area contributed by atoms with Gasteiger partial charge in [0.25, 0.3) is 5.56 Å². The van der Waals surface area contributed by atoms with Crippen LogP contribution in [0.1, 0.15) is 18.2 Å². The van der Waals surface area contributed by atoms with E-state index in [1.54, 1.807) is 10.8 Å². The molecule has 0 bridgehead atoms. The zero-order valence-corrected chi connectivity index (χ0v) is 18.6. The number of nitrogens with zero attached hydrogens (tertiary/aromatic N) is 3. The smallest absolute Gasteiger partial charge is 0.278 e. The minimum absolute atomic E-state index is 0.113. The summed E-state index contributed by atoms with van der Waals surface area (Å²) < 4.78 is 1.63. The van der Waals surface area contributed by atoms with Crippen LogP contribution >= 0.6 is 0 Å². The van der Waals surface area contributed by atoms with Crippen molar-refractivity contribution in [1.82, 2.24) is 14.5 Å². The third-order valence-corrected chi connectivity index (χ3v) is 5.54. The maximum atomic E-state index is 13.6. The molecule has 0 aliphatic carbocycles. The van der Waals surface area contributed by atoms with Gasteiger partial charge < -0.3 is 5.32 Å². The van der Waals surface area contributed by atoms with Crippen LogP contribution in [-0.2, 0) is 11.2 Å². The Bertz CT molecular complexity index is 1540. The van der Waals surface area contributed by atoms with E-state index in [0.29, 0.717) is 29.0 Å². The summed E-state index contributed by atoms with van der Waals surface area (Å²) in [5, 5.41) is 2.77. The molecule has 0 saturated carbocycles. The van der Waals surface area contributed by atoms with Gasteiger partial charge in [-0.05, 0) is 53.1 Å². The molecule has 0 spiro atoms. The molecule has 166 valence electrons. The lowest BCUT2D eigenvalue weighted by Crippen LogP contribution is -2.25. The number of aromatic nitrogens is 3. The summed E-state index contributed by atoms with van der Waals surface area (Å²) in [5.41, 5.74) is 5.86. The van der Waals surface area contributed by atoms with Crippen LogP contribution in [0, 0.1) is 0 Å². The number of rotatable bonds is 5. The fourth-order valence-corrected chi connectivity index (χ4v) is 3.98. The Morgan fingerprint density at radius 3 is 2.44 bits per heavy atom. The topological polar surface area (TPSA) is 76.9 Å². The Balaban J connectivity index is 1.61. The Kier molecular flexibility index (Phi) is 5.70. The number of nitrogens with one attached hydrogen (secondary N) is 1. The highest BCUT2D eigenvalue weighted by Crippen LogP contribution is 2.25. The van der Waals surface area contributed by atoms with Crippen LogP contribution < -0.4 is 10.9 Å². The third-order valence-electron chi connectivity index (χ3n) is 5.54. The monoisotopic (exact) mass is 446 g/mol. The molecule has 0 unspecified atom stereocenters. The maximum absolute atomic E-state index is 13.6. The number of fused-ring (bicyclic) bond motifs is 1. The summed E-state index contributed by atoms with van der Waals surface area (Å²) in [6.45, 7) is 1.48. The van der Waals surface area contributed by atoms with E-state index in [1.165, 1.54) is 6.92 Å². The van der Waals surface area contributed by atoms with Crippen molar-refractivity contribution in [3.63, 3.8) is 0 Å². The molecule has 1 N–H and O–H groups in total. The van der Waals surface area contributed by atoms with Crippen LogP contribution in [0.15, 0.2) is 102 Å². The summed E-state index contributed by atoms with van der Waals surface area (Å²) in [4.78, 5) is 34.0. The molecule has 1 amide bonds. The van der Waals surface area contributed by atoms with E-state index in [4.69, 9.17) is 0 Å². The van der Waals surface area contributed by atoms with Gasteiger partial charge in [-0.3, -0.25) is 14.2 Å². The lowest BCUT2D eigenvalue weighted by molar-refractivity contribution is -0.114. The predicted molar refractivity (Wildman–Crippen MR) is 134 cm³/mol. The van der Waals surface area contributed by atoms with E-state index in [9.17, 15) is 9.59 Å². The second-order valence-corrected chi connectivity index (χ2v) is 8.02. The number of anilines is 1. The molecule has 6 nitrogen and oxygen atoms in total. The van der Waals surface area contributed by atoms with Crippen molar-refractivity contribution in [3.05, 3.63) is 119 Å². The van der Waals surface area contributed by atoms with Crippen LogP contribution in [0.2, 0.25) is 0 Å². The molecule has 3 aromatic carbocycles. The molecular formula is C28H22N4O2. The highest BCUT2D eigenvalue weighted by molar-refractivity contribution is 5.89. The van der Waals surface area contributed by atoms with E-state index in [1.807, 2.05) is 91.0 Å². The van der Waals surface area contributed by atoms with Gasteiger partial charge in [-0.25, -0.2) is 9.97 Å². The highest BCUT2D eigenvalue weighted by Gasteiger charge is 2.14. The number of amides is 1. The largest absolute Gasteiger partial charge is 0.326 e. The van der Waals surface area contributed by atoms with Gasteiger partial charge in [0.2, 0.25) is 5.91 Å². The standard InChI is InChI=1S/C28H22N4O2/c1-19(33)30-23-14-12-21(13-15-23)22-9-5-10-24(18-22)32-27-25(11-6-16-29-27)31-26(28(32)34)17-20-7-3-2-4-8-20/h2-16,18H,17H2,1H3,(H,30,33). The number of benzene rings is 3. The van der Waals surface area contributed by atoms with Gasteiger partial charge in [-0.2, -0.15) is 0 Å². The molecule has 0 fully saturated rings. The summed E-state index contributed by atoms with van der Waals surface area (Å²) in [6, 6.07) is 28.9. The molecule has 0 atom stereocenters. The third kappa shape index (κ3) is 4.34. The first-order valence-corrected chi connectivity index (χ1v) is 11.0. The molecule has 2 heterocycles. The van der Waals surface area contributed by atoms with Crippen molar-refractivity contribution in [3.8, 4) is 16.8 Å². The van der Waals surface area contributed by atoms with E-state index in [0.717, 1.165) is 22.4 Å². The Hall–Kier alpha value is -4.58. The fraction of sp³-hybridized carbons (Fsp3) is 0.0714. The summed E-state index contributed by atoms with van der Waals surface area (Å²) in [5.74, 6) is -0.113. The molecular weight excluding hydrogens is 424 g/mol. The van der Waals surface area contributed by atoms with Crippen molar-refractivity contribution >= 4 is 22.8 Å². The maximum Gasteiger partial charge on any atom is 0.278 e. The Morgan fingerprint density at radius 2 is 1.68 bits per heavy atom. The van der Waals surface area contributed by atoms with Gasteiger partial charge >= 0.3 is 0 Å². The zero-order valence-electron chi connectivity index (χ0n) is 18.6. The molecule has 34 heavy (non-hydrogen) atoms. The number of carbonyl (C=O) groups excluding carboxylic acids is 1. The average molecular weight is 447 g/mol. The van der Waals surface area contributed by atoms with Gasteiger partial charge in [0.15, 0.2) is 5.65 Å². The van der Waals surface area contributed by atoms with E-state index < -0.39 is 0 Å². The first-order chi connectivity index (χ1) is 16.6. The number of hydrogen-bond acceptors (Lipinski definition) is 4. The number of hydrogen-bond donors (Lipinski definition) is 1. The lowest BCUT2D eigenvalue weighted by Gasteiger charge is -2.13. The minimum atomic E-state index is -0.187. The predicted octanol–water partition coefficient (Wildman–Crippen LogP) is 5.00. The molecule has 0 radical (unpaired) electrons. The first kappa shape index (κ1) is 21.3. The van der Waals surface area contributed by atoms with E-state index >= 15 is 0 Å². The van der Waals surface area contributed by atoms with Gasteiger partial charge in [-0.1, -0.05) is 54.6 Å². The van der Waals surface area contributed by atoms with Gasteiger partial charge in [0.1, 0.15) is 11.2 Å². The van der Waals surface area contributed by atoms with Crippen LogP contribution in [0.25, 0.3) is 28.0 Å². The quantitative estimate of drug-likeness (QED) is 0.412. The summed E-state index contributed by atoms with van der Waals surface area (Å²) in [6.07, 6.45) is 2.11. The van der Waals surface area contributed by atoms with Crippen LogP contribution in [0.3, 0.4) is 0 Å². The van der Waals surface area contributed by atoms with Gasteiger partial charge in [0.05, 0.1) is 5.69 Å². The van der Waals surface area contributed by atoms with E-state index in [2.05, 4.69) is 15.3 Å². The van der Waals surface area contributed by atoms with Crippen LogP contribution in [-0.4, -0.2) is 20.4 Å². The minimum Gasteiger partial charge on any atom is -0.326 e. The SMILES string of the molecule is CC(=O)Nc1ccc(-c2cccc(-n3c(=O)c(Cc4ccccc4)nc4cccnc43)c2)cc1. The lowest BCUT2D eigenvalue weighted by atomic mass is 10.0. The number of pyridine rings is 1. The highest BCUT2D eigenvalue weighted by atomic mass is 16.1. The molecule has 5 aromatic rings. The Labute approximate surface area is 196 Å². The zero-order chi connectivity index (χ0) is 23.5. The summed E-state index contributed by atoms with van der Waals surface area (Å²) >= 11 is 0. The van der Waals surface area contributed by atoms with Gasteiger partial charge in [0, 0.05) is 25.2 Å². The van der Waals surface area contributed by atoms with Crippen molar-refractivity contribution < 1.29 is 4.79 Å². The van der Waals surface area contributed by atoms with Crippen molar-refractivity contribution in [2.45, 2.75) is 13.3 Å². The first-order valence-electron chi connectivity index (χ1n) is 11.0. The van der Waals surface area contributed by atoms with Crippen LogP contribution in [0.5, 0.6) is 0 Å². The van der Waals surface area contributed by atoms with E-state index in [-0.39, 0.29) is 11.5 Å². The second kappa shape index (κ2) is 9.11. The van der Waals surface area contributed by atoms with Crippen molar-refractivity contribution in [1.29, 1.82) is 0 Å². The molecule has 0 aliphatic rings. The second-order valence-electron chi connectivity index (χ2n) is 8.02.